The standard InChI is InChI=1S/C11H20N2O.H2/c1-13-11(14)8-10(12)9-6-4-2-3-5-7-9;/h8-9H,2-7,12H2,1H3,(H,13,14);1H/b10-8-;. The normalized spacial score (nSPS) is 20.2. The Morgan fingerprint density at radius 3 is 2.43 bits per heavy atom. The smallest absolute Gasteiger partial charge is 0.245 e. The zero-order valence-corrected chi connectivity index (χ0v) is 8.88. The highest BCUT2D eigenvalue weighted by Crippen LogP contribution is 2.26. The highest BCUT2D eigenvalue weighted by Gasteiger charge is 2.14. The summed E-state index contributed by atoms with van der Waals surface area (Å²) in [5.74, 6) is 0.335. The minimum atomic E-state index is -0.0910. The number of amides is 1. The monoisotopic (exact) mass is 198 g/mol. The van der Waals surface area contributed by atoms with Gasteiger partial charge in [0.15, 0.2) is 0 Å². The number of carbonyl (C=O) groups excluding carboxylic acids is 1. The number of rotatable bonds is 2. The van der Waals surface area contributed by atoms with E-state index in [1.165, 1.54) is 31.8 Å². The van der Waals surface area contributed by atoms with E-state index < -0.39 is 0 Å². The lowest BCUT2D eigenvalue weighted by Crippen LogP contribution is -2.19. The topological polar surface area (TPSA) is 55.1 Å². The van der Waals surface area contributed by atoms with E-state index in [-0.39, 0.29) is 7.33 Å². The number of likely N-dealkylation sites (N-methyl/N-ethyl adjacent to an activating group) is 1. The third-order valence-electron chi connectivity index (χ3n) is 2.87. The van der Waals surface area contributed by atoms with Crippen LogP contribution >= 0.6 is 0 Å². The molecule has 0 atom stereocenters. The molecule has 0 radical (unpaired) electrons. The fourth-order valence-corrected chi connectivity index (χ4v) is 1.95. The molecule has 1 fully saturated rings. The maximum Gasteiger partial charge on any atom is 0.245 e. The van der Waals surface area contributed by atoms with Gasteiger partial charge < -0.3 is 11.1 Å². The minimum Gasteiger partial charge on any atom is -0.402 e. The summed E-state index contributed by atoms with van der Waals surface area (Å²) < 4.78 is 0. The maximum absolute atomic E-state index is 11.1. The average Bonchev–Trinajstić information content (AvgIpc) is 2.45. The largest absolute Gasteiger partial charge is 0.402 e. The second-order valence-electron chi connectivity index (χ2n) is 3.95. The van der Waals surface area contributed by atoms with Gasteiger partial charge >= 0.3 is 0 Å². The summed E-state index contributed by atoms with van der Waals surface area (Å²) in [5.41, 5.74) is 6.65. The molecular formula is C11H22N2O. The first-order chi connectivity index (χ1) is 6.74. The van der Waals surface area contributed by atoms with Crippen molar-refractivity contribution in [2.45, 2.75) is 38.5 Å². The number of hydrogen-bond donors (Lipinski definition) is 2. The zero-order valence-electron chi connectivity index (χ0n) is 8.88. The second kappa shape index (κ2) is 5.68. The third-order valence-corrected chi connectivity index (χ3v) is 2.87. The van der Waals surface area contributed by atoms with E-state index >= 15 is 0 Å². The fraction of sp³-hybridized carbons (Fsp3) is 0.727. The number of allylic oxidation sites excluding steroid dienone is 1. The van der Waals surface area contributed by atoms with Crippen molar-refractivity contribution in [3.05, 3.63) is 11.8 Å². The molecule has 0 saturated heterocycles. The van der Waals surface area contributed by atoms with Crippen LogP contribution in [0.3, 0.4) is 0 Å². The molecule has 0 aromatic heterocycles. The molecule has 1 saturated carbocycles. The van der Waals surface area contributed by atoms with Crippen molar-refractivity contribution in [2.24, 2.45) is 11.7 Å². The van der Waals surface area contributed by atoms with Crippen molar-refractivity contribution in [3.63, 3.8) is 0 Å². The molecule has 0 spiro atoms. The second-order valence-corrected chi connectivity index (χ2v) is 3.95. The highest BCUT2D eigenvalue weighted by atomic mass is 16.1. The van der Waals surface area contributed by atoms with Crippen molar-refractivity contribution in [1.82, 2.24) is 5.32 Å². The Morgan fingerprint density at radius 1 is 1.36 bits per heavy atom. The van der Waals surface area contributed by atoms with Crippen LogP contribution in [0.25, 0.3) is 0 Å². The van der Waals surface area contributed by atoms with E-state index in [1.54, 1.807) is 7.05 Å². The van der Waals surface area contributed by atoms with Crippen LogP contribution < -0.4 is 11.1 Å². The van der Waals surface area contributed by atoms with Gasteiger partial charge in [0.25, 0.3) is 0 Å². The van der Waals surface area contributed by atoms with E-state index in [2.05, 4.69) is 5.32 Å². The first kappa shape index (κ1) is 11.1. The van der Waals surface area contributed by atoms with Crippen molar-refractivity contribution >= 4 is 5.91 Å². The van der Waals surface area contributed by atoms with Crippen LogP contribution in [0.5, 0.6) is 0 Å². The van der Waals surface area contributed by atoms with Gasteiger partial charge in [0.05, 0.1) is 0 Å². The molecule has 3 nitrogen and oxygen atoms in total. The first-order valence-corrected chi connectivity index (χ1v) is 5.43. The van der Waals surface area contributed by atoms with Crippen LogP contribution in [-0.4, -0.2) is 13.0 Å². The fourth-order valence-electron chi connectivity index (χ4n) is 1.95. The Morgan fingerprint density at radius 2 is 1.93 bits per heavy atom. The molecule has 3 heteroatoms. The van der Waals surface area contributed by atoms with Crippen LogP contribution in [0.4, 0.5) is 0 Å². The molecule has 1 rings (SSSR count). The molecule has 0 aromatic carbocycles. The molecule has 0 heterocycles. The van der Waals surface area contributed by atoms with Gasteiger partial charge in [-0.2, -0.15) is 0 Å². The summed E-state index contributed by atoms with van der Waals surface area (Å²) in [6.45, 7) is 0. The SMILES string of the molecule is CNC(=O)/C=C(\N)C1CCCCCC1.[HH]. The predicted octanol–water partition coefficient (Wildman–Crippen LogP) is 1.79. The van der Waals surface area contributed by atoms with Gasteiger partial charge in [-0.05, 0) is 18.8 Å². The van der Waals surface area contributed by atoms with Crippen molar-refractivity contribution in [2.75, 3.05) is 7.05 Å². The van der Waals surface area contributed by atoms with E-state index in [0.717, 1.165) is 18.5 Å². The molecule has 1 aliphatic rings. The van der Waals surface area contributed by atoms with Crippen LogP contribution in [-0.2, 0) is 4.79 Å². The summed E-state index contributed by atoms with van der Waals surface area (Å²) in [6.07, 6.45) is 8.92. The van der Waals surface area contributed by atoms with Gasteiger partial charge in [-0.25, -0.2) is 0 Å². The Kier molecular flexibility index (Phi) is 4.50. The Bertz CT molecular complexity index is 221. The Labute approximate surface area is 87.2 Å². The van der Waals surface area contributed by atoms with E-state index in [0.29, 0.717) is 5.92 Å². The van der Waals surface area contributed by atoms with E-state index in [1.807, 2.05) is 0 Å². The summed E-state index contributed by atoms with van der Waals surface area (Å²) in [4.78, 5) is 11.1. The summed E-state index contributed by atoms with van der Waals surface area (Å²) in [7, 11) is 1.62. The highest BCUT2D eigenvalue weighted by molar-refractivity contribution is 5.87. The van der Waals surface area contributed by atoms with Gasteiger partial charge in [-0.15, -0.1) is 0 Å². The number of hydrogen-bond acceptors (Lipinski definition) is 2. The minimum absolute atomic E-state index is 0. The van der Waals surface area contributed by atoms with Gasteiger partial charge in [-0.1, -0.05) is 25.7 Å². The van der Waals surface area contributed by atoms with E-state index in [9.17, 15) is 4.79 Å². The Hall–Kier alpha value is -0.990. The first-order valence-electron chi connectivity index (χ1n) is 5.43. The molecule has 0 aromatic rings. The van der Waals surface area contributed by atoms with Gasteiger partial charge in [0, 0.05) is 20.2 Å². The van der Waals surface area contributed by atoms with E-state index in [4.69, 9.17) is 5.73 Å². The van der Waals surface area contributed by atoms with Crippen LogP contribution in [0.2, 0.25) is 0 Å². The molecule has 1 amide bonds. The average molecular weight is 198 g/mol. The van der Waals surface area contributed by atoms with Crippen LogP contribution in [0.15, 0.2) is 11.8 Å². The number of nitrogens with two attached hydrogens (primary N) is 1. The van der Waals surface area contributed by atoms with Crippen LogP contribution in [0, 0.1) is 5.92 Å². The molecule has 3 N–H and O–H groups in total. The molecular weight excluding hydrogens is 176 g/mol. The number of carbonyl (C=O) groups is 1. The van der Waals surface area contributed by atoms with Gasteiger partial charge in [-0.3, -0.25) is 4.79 Å². The van der Waals surface area contributed by atoms with Crippen LogP contribution in [0.1, 0.15) is 40.0 Å². The molecule has 82 valence electrons. The van der Waals surface area contributed by atoms with Crippen molar-refractivity contribution in [1.29, 1.82) is 0 Å². The molecule has 0 unspecified atom stereocenters. The maximum atomic E-state index is 11.1. The summed E-state index contributed by atoms with van der Waals surface area (Å²) in [5, 5.41) is 2.56. The quantitative estimate of drug-likeness (QED) is 0.525. The lowest BCUT2D eigenvalue weighted by atomic mass is 9.96. The Balaban J connectivity index is 0.00000196. The molecule has 14 heavy (non-hydrogen) atoms. The summed E-state index contributed by atoms with van der Waals surface area (Å²) >= 11 is 0. The molecule has 0 bridgehead atoms. The van der Waals surface area contributed by atoms with Gasteiger partial charge in [0.1, 0.15) is 0 Å². The zero-order chi connectivity index (χ0) is 10.4. The van der Waals surface area contributed by atoms with Crippen molar-refractivity contribution in [3.8, 4) is 0 Å². The lowest BCUT2D eigenvalue weighted by molar-refractivity contribution is -0.116. The summed E-state index contributed by atoms with van der Waals surface area (Å²) in [6, 6.07) is 0. The predicted molar refractivity (Wildman–Crippen MR) is 59.6 cm³/mol. The van der Waals surface area contributed by atoms with Gasteiger partial charge in [0.2, 0.25) is 5.91 Å². The lowest BCUT2D eigenvalue weighted by Gasteiger charge is -2.13. The third kappa shape index (κ3) is 3.40. The molecule has 0 aliphatic heterocycles. The molecule has 1 aliphatic carbocycles. The van der Waals surface area contributed by atoms with Crippen molar-refractivity contribution < 1.29 is 6.22 Å². The number of nitrogens with one attached hydrogen (secondary N) is 1.